The van der Waals surface area contributed by atoms with E-state index in [-0.39, 0.29) is 0 Å². The van der Waals surface area contributed by atoms with E-state index in [0.717, 1.165) is 26.1 Å². The van der Waals surface area contributed by atoms with Crippen LogP contribution in [-0.2, 0) is 13.0 Å². The Morgan fingerprint density at radius 3 is 2.83 bits per heavy atom. The van der Waals surface area contributed by atoms with Crippen molar-refractivity contribution in [2.75, 3.05) is 19.6 Å². The second-order valence-corrected chi connectivity index (χ2v) is 6.88. The van der Waals surface area contributed by atoms with Crippen LogP contribution in [0.3, 0.4) is 0 Å². The minimum absolute atomic E-state index is 0.655. The van der Waals surface area contributed by atoms with Crippen LogP contribution >= 0.6 is 11.3 Å². The van der Waals surface area contributed by atoms with Gasteiger partial charge in [-0.15, -0.1) is 11.3 Å². The molecule has 0 unspecified atom stereocenters. The smallest absolute Gasteiger partial charge is 0.0963 e. The summed E-state index contributed by atoms with van der Waals surface area (Å²) in [5.41, 5.74) is 1.39. The van der Waals surface area contributed by atoms with Gasteiger partial charge in [-0.1, -0.05) is 0 Å². The molecule has 0 radical (unpaired) electrons. The SMILES string of the molecule is CC(C)N1CCc2nc(C3CCNCC3)sc2C1. The number of hydrogen-bond donors (Lipinski definition) is 1. The van der Waals surface area contributed by atoms with E-state index in [1.54, 1.807) is 0 Å². The van der Waals surface area contributed by atoms with Crippen molar-refractivity contribution in [2.45, 2.75) is 51.6 Å². The van der Waals surface area contributed by atoms with Crippen LogP contribution in [-0.4, -0.2) is 35.6 Å². The molecular weight excluding hydrogens is 242 g/mol. The summed E-state index contributed by atoms with van der Waals surface area (Å²) in [6.07, 6.45) is 3.68. The minimum Gasteiger partial charge on any atom is -0.317 e. The van der Waals surface area contributed by atoms with Gasteiger partial charge in [0, 0.05) is 36.3 Å². The quantitative estimate of drug-likeness (QED) is 0.890. The van der Waals surface area contributed by atoms with Gasteiger partial charge in [-0.25, -0.2) is 4.98 Å². The fourth-order valence-corrected chi connectivity index (χ4v) is 4.23. The van der Waals surface area contributed by atoms with Crippen molar-refractivity contribution in [3.63, 3.8) is 0 Å². The standard InChI is InChI=1S/C14H23N3S/c1-10(2)17-8-5-12-13(9-17)18-14(16-12)11-3-6-15-7-4-11/h10-11,15H,3-9H2,1-2H3. The van der Waals surface area contributed by atoms with E-state index in [1.165, 1.54) is 35.0 Å². The van der Waals surface area contributed by atoms with Crippen LogP contribution in [0.1, 0.15) is 48.2 Å². The number of thiazole rings is 1. The summed E-state index contributed by atoms with van der Waals surface area (Å²) in [5.74, 6) is 0.717. The molecule has 0 amide bonds. The van der Waals surface area contributed by atoms with Crippen LogP contribution in [0, 0.1) is 0 Å². The highest BCUT2D eigenvalue weighted by atomic mass is 32.1. The van der Waals surface area contributed by atoms with Crippen molar-refractivity contribution >= 4 is 11.3 Å². The third-order valence-electron chi connectivity index (χ3n) is 4.20. The molecule has 18 heavy (non-hydrogen) atoms. The Hall–Kier alpha value is -0.450. The molecule has 3 heterocycles. The summed E-state index contributed by atoms with van der Waals surface area (Å²) in [5, 5.41) is 4.85. The fraction of sp³-hybridized carbons (Fsp3) is 0.786. The average molecular weight is 265 g/mol. The Morgan fingerprint density at radius 1 is 1.33 bits per heavy atom. The first-order valence-electron chi connectivity index (χ1n) is 7.17. The van der Waals surface area contributed by atoms with Crippen molar-refractivity contribution in [1.82, 2.24) is 15.2 Å². The van der Waals surface area contributed by atoms with Crippen molar-refractivity contribution in [3.05, 3.63) is 15.6 Å². The summed E-state index contributed by atoms with van der Waals surface area (Å²) in [6.45, 7) is 9.20. The number of piperidine rings is 1. The van der Waals surface area contributed by atoms with Gasteiger partial charge in [0.05, 0.1) is 10.7 Å². The molecule has 0 saturated carbocycles. The van der Waals surface area contributed by atoms with Crippen LogP contribution in [0.2, 0.25) is 0 Å². The predicted molar refractivity (Wildman–Crippen MR) is 76.2 cm³/mol. The number of hydrogen-bond acceptors (Lipinski definition) is 4. The molecule has 2 aliphatic heterocycles. The Morgan fingerprint density at radius 2 is 2.11 bits per heavy atom. The van der Waals surface area contributed by atoms with E-state index in [9.17, 15) is 0 Å². The molecule has 2 aliphatic rings. The number of nitrogens with one attached hydrogen (secondary N) is 1. The number of rotatable bonds is 2. The Bertz CT molecular complexity index is 407. The van der Waals surface area contributed by atoms with Gasteiger partial charge in [0.25, 0.3) is 0 Å². The van der Waals surface area contributed by atoms with Crippen LogP contribution in [0.25, 0.3) is 0 Å². The first-order chi connectivity index (χ1) is 8.74. The Balaban J connectivity index is 1.76. The summed E-state index contributed by atoms with van der Waals surface area (Å²) >= 11 is 1.98. The van der Waals surface area contributed by atoms with Crippen LogP contribution in [0.5, 0.6) is 0 Å². The van der Waals surface area contributed by atoms with E-state index < -0.39 is 0 Å². The van der Waals surface area contributed by atoms with Crippen LogP contribution < -0.4 is 5.32 Å². The zero-order valence-corrected chi connectivity index (χ0v) is 12.2. The van der Waals surface area contributed by atoms with Gasteiger partial charge in [-0.3, -0.25) is 4.90 Å². The van der Waals surface area contributed by atoms with E-state index >= 15 is 0 Å². The average Bonchev–Trinajstić information content (AvgIpc) is 2.82. The van der Waals surface area contributed by atoms with Crippen molar-refractivity contribution in [3.8, 4) is 0 Å². The van der Waals surface area contributed by atoms with Gasteiger partial charge in [-0.05, 0) is 39.8 Å². The van der Waals surface area contributed by atoms with E-state index in [1.807, 2.05) is 11.3 Å². The van der Waals surface area contributed by atoms with Crippen molar-refractivity contribution in [2.24, 2.45) is 0 Å². The first kappa shape index (κ1) is 12.6. The molecule has 100 valence electrons. The highest BCUT2D eigenvalue weighted by Crippen LogP contribution is 2.33. The highest BCUT2D eigenvalue weighted by molar-refractivity contribution is 7.11. The molecule has 3 nitrogen and oxygen atoms in total. The molecule has 1 fully saturated rings. The molecule has 1 aromatic heterocycles. The maximum atomic E-state index is 4.93. The molecule has 0 atom stereocenters. The molecule has 0 aliphatic carbocycles. The highest BCUT2D eigenvalue weighted by Gasteiger charge is 2.25. The molecule has 3 rings (SSSR count). The first-order valence-corrected chi connectivity index (χ1v) is 7.99. The predicted octanol–water partition coefficient (Wildman–Crippen LogP) is 2.38. The zero-order valence-electron chi connectivity index (χ0n) is 11.4. The van der Waals surface area contributed by atoms with Gasteiger partial charge in [-0.2, -0.15) is 0 Å². The lowest BCUT2D eigenvalue weighted by atomic mass is 9.99. The largest absolute Gasteiger partial charge is 0.317 e. The van der Waals surface area contributed by atoms with Crippen molar-refractivity contribution in [1.29, 1.82) is 0 Å². The van der Waals surface area contributed by atoms with Gasteiger partial charge in [0.15, 0.2) is 0 Å². The molecule has 0 aromatic carbocycles. The monoisotopic (exact) mass is 265 g/mol. The number of fused-ring (bicyclic) bond motifs is 1. The van der Waals surface area contributed by atoms with Crippen molar-refractivity contribution < 1.29 is 0 Å². The molecular formula is C14H23N3S. The van der Waals surface area contributed by atoms with Crippen LogP contribution in [0.4, 0.5) is 0 Å². The lowest BCUT2D eigenvalue weighted by Crippen LogP contribution is -2.35. The van der Waals surface area contributed by atoms with E-state index in [4.69, 9.17) is 4.98 Å². The number of nitrogens with zero attached hydrogens (tertiary/aromatic N) is 2. The summed E-state index contributed by atoms with van der Waals surface area (Å²) in [7, 11) is 0. The molecule has 4 heteroatoms. The maximum Gasteiger partial charge on any atom is 0.0963 e. The zero-order chi connectivity index (χ0) is 12.5. The Kier molecular flexibility index (Phi) is 3.68. The van der Waals surface area contributed by atoms with Gasteiger partial charge in [0.2, 0.25) is 0 Å². The number of aromatic nitrogens is 1. The summed E-state index contributed by atoms with van der Waals surface area (Å²) in [6, 6.07) is 0.655. The lowest BCUT2D eigenvalue weighted by molar-refractivity contribution is 0.205. The summed E-state index contributed by atoms with van der Waals surface area (Å²) < 4.78 is 0. The molecule has 1 N–H and O–H groups in total. The van der Waals surface area contributed by atoms with Crippen LogP contribution in [0.15, 0.2) is 0 Å². The second kappa shape index (κ2) is 5.27. The third-order valence-corrected chi connectivity index (χ3v) is 5.44. The third kappa shape index (κ3) is 2.46. The molecule has 0 bridgehead atoms. The molecule has 1 saturated heterocycles. The molecule has 0 spiro atoms. The van der Waals surface area contributed by atoms with Gasteiger partial charge < -0.3 is 5.32 Å². The normalized spacial score (nSPS) is 22.4. The van der Waals surface area contributed by atoms with Gasteiger partial charge >= 0.3 is 0 Å². The Labute approximate surface area is 114 Å². The van der Waals surface area contributed by atoms with Gasteiger partial charge in [0.1, 0.15) is 0 Å². The fourth-order valence-electron chi connectivity index (χ4n) is 2.92. The second-order valence-electron chi connectivity index (χ2n) is 5.76. The molecule has 1 aromatic rings. The minimum atomic E-state index is 0.655. The lowest BCUT2D eigenvalue weighted by Gasteiger charge is -2.29. The van der Waals surface area contributed by atoms with E-state index in [0.29, 0.717) is 12.0 Å². The summed E-state index contributed by atoms with van der Waals surface area (Å²) in [4.78, 5) is 9.03. The maximum absolute atomic E-state index is 4.93. The topological polar surface area (TPSA) is 28.2 Å². The van der Waals surface area contributed by atoms with E-state index in [2.05, 4.69) is 24.1 Å².